The summed E-state index contributed by atoms with van der Waals surface area (Å²) in [5.74, 6) is 1.76. The Bertz CT molecular complexity index is 841. The third-order valence-electron chi connectivity index (χ3n) is 7.57. The van der Waals surface area contributed by atoms with E-state index in [0.717, 1.165) is 32.1 Å². The Balaban J connectivity index is 1.19. The van der Waals surface area contributed by atoms with Gasteiger partial charge in [-0.1, -0.05) is 6.07 Å². The fourth-order valence-corrected chi connectivity index (χ4v) is 6.29. The van der Waals surface area contributed by atoms with Crippen molar-refractivity contribution in [3.8, 4) is 0 Å². The first-order chi connectivity index (χ1) is 14.4. The standard InChI is InChI=1S/C24H31N3O3/c1-14(25-23(30)24-11-15-7-16(12-24)9-17(8-15)13-24)21(28)27-20-4-2-3-18(10-20)22(29)26-19-5-6-19/h2-4,10,14-17,19H,5-9,11-13H2,1H3,(H,25,30)(H,26,29)(H,27,28). The van der Waals surface area contributed by atoms with Gasteiger partial charge < -0.3 is 16.0 Å². The quantitative estimate of drug-likeness (QED) is 0.674. The Morgan fingerprint density at radius 1 is 1.00 bits per heavy atom. The lowest BCUT2D eigenvalue weighted by molar-refractivity contribution is -0.147. The second kappa shape index (κ2) is 7.40. The van der Waals surface area contributed by atoms with Crippen molar-refractivity contribution in [2.24, 2.45) is 23.2 Å². The third-order valence-corrected chi connectivity index (χ3v) is 7.57. The molecule has 160 valence electrons. The molecule has 5 aliphatic rings. The zero-order valence-corrected chi connectivity index (χ0v) is 17.6. The molecule has 6 heteroatoms. The summed E-state index contributed by atoms with van der Waals surface area (Å²) < 4.78 is 0. The maximum atomic E-state index is 13.2. The maximum absolute atomic E-state index is 13.2. The molecule has 0 radical (unpaired) electrons. The van der Waals surface area contributed by atoms with Crippen LogP contribution in [0.25, 0.3) is 0 Å². The topological polar surface area (TPSA) is 87.3 Å². The van der Waals surface area contributed by atoms with Gasteiger partial charge in [-0.25, -0.2) is 0 Å². The van der Waals surface area contributed by atoms with Crippen LogP contribution in [0.4, 0.5) is 5.69 Å². The summed E-state index contributed by atoms with van der Waals surface area (Å²) in [5.41, 5.74) is 0.841. The van der Waals surface area contributed by atoms with Crippen LogP contribution in [0.1, 0.15) is 68.6 Å². The summed E-state index contributed by atoms with van der Waals surface area (Å²) >= 11 is 0. The summed E-state index contributed by atoms with van der Waals surface area (Å²) in [6.45, 7) is 1.73. The van der Waals surface area contributed by atoms with Crippen LogP contribution in [-0.4, -0.2) is 29.8 Å². The number of carbonyl (C=O) groups excluding carboxylic acids is 3. The second-order valence-corrected chi connectivity index (χ2v) is 10.2. The van der Waals surface area contributed by atoms with Crippen LogP contribution in [0.2, 0.25) is 0 Å². The highest BCUT2D eigenvalue weighted by Gasteiger charge is 2.54. The monoisotopic (exact) mass is 409 g/mol. The molecule has 1 unspecified atom stereocenters. The van der Waals surface area contributed by atoms with E-state index in [0.29, 0.717) is 29.0 Å². The first-order valence-electron chi connectivity index (χ1n) is 11.4. The first kappa shape index (κ1) is 19.6. The average Bonchev–Trinajstić information content (AvgIpc) is 3.51. The van der Waals surface area contributed by atoms with Gasteiger partial charge in [-0.05, 0) is 94.2 Å². The van der Waals surface area contributed by atoms with Crippen LogP contribution in [0.3, 0.4) is 0 Å². The van der Waals surface area contributed by atoms with E-state index in [4.69, 9.17) is 0 Å². The van der Waals surface area contributed by atoms with Crippen molar-refractivity contribution in [2.45, 2.75) is 70.4 Å². The molecule has 0 saturated heterocycles. The third kappa shape index (κ3) is 3.84. The van der Waals surface area contributed by atoms with Crippen molar-refractivity contribution >= 4 is 23.4 Å². The predicted molar refractivity (Wildman–Crippen MR) is 114 cm³/mol. The molecular formula is C24H31N3O3. The molecule has 5 aliphatic carbocycles. The van der Waals surface area contributed by atoms with E-state index in [2.05, 4.69) is 16.0 Å². The van der Waals surface area contributed by atoms with E-state index in [1.165, 1.54) is 19.3 Å². The van der Waals surface area contributed by atoms with Crippen molar-refractivity contribution in [2.75, 3.05) is 5.32 Å². The van der Waals surface area contributed by atoms with Crippen molar-refractivity contribution in [1.29, 1.82) is 0 Å². The molecule has 0 aromatic heterocycles. The number of anilines is 1. The summed E-state index contributed by atoms with van der Waals surface area (Å²) in [4.78, 5) is 38.1. The zero-order chi connectivity index (χ0) is 20.9. The predicted octanol–water partition coefficient (Wildman–Crippen LogP) is 3.24. The minimum atomic E-state index is -0.616. The van der Waals surface area contributed by atoms with Crippen LogP contribution in [-0.2, 0) is 9.59 Å². The number of amides is 3. The summed E-state index contributed by atoms with van der Waals surface area (Å²) in [5, 5.41) is 8.80. The Morgan fingerprint density at radius 2 is 1.63 bits per heavy atom. The van der Waals surface area contributed by atoms with Gasteiger partial charge in [0.05, 0.1) is 0 Å². The van der Waals surface area contributed by atoms with E-state index in [1.54, 1.807) is 31.2 Å². The molecule has 6 nitrogen and oxygen atoms in total. The molecule has 3 amide bonds. The summed E-state index contributed by atoms with van der Waals surface area (Å²) in [6.07, 6.45) is 8.87. The second-order valence-electron chi connectivity index (χ2n) is 10.2. The highest BCUT2D eigenvalue weighted by Crippen LogP contribution is 2.60. The molecule has 3 N–H and O–H groups in total. The van der Waals surface area contributed by atoms with Gasteiger partial charge in [0, 0.05) is 22.7 Å². The number of benzene rings is 1. The molecule has 0 aliphatic heterocycles. The van der Waals surface area contributed by atoms with E-state index >= 15 is 0 Å². The lowest BCUT2D eigenvalue weighted by Crippen LogP contribution is -2.56. The van der Waals surface area contributed by atoms with Crippen molar-refractivity contribution < 1.29 is 14.4 Å². The van der Waals surface area contributed by atoms with Gasteiger partial charge in [0.2, 0.25) is 11.8 Å². The van der Waals surface area contributed by atoms with Crippen molar-refractivity contribution in [3.63, 3.8) is 0 Å². The molecular weight excluding hydrogens is 378 g/mol. The van der Waals surface area contributed by atoms with Gasteiger partial charge in [0.1, 0.15) is 6.04 Å². The van der Waals surface area contributed by atoms with Crippen LogP contribution in [0.5, 0.6) is 0 Å². The number of hydrogen-bond donors (Lipinski definition) is 3. The van der Waals surface area contributed by atoms with Crippen LogP contribution < -0.4 is 16.0 Å². The highest BCUT2D eigenvalue weighted by molar-refractivity contribution is 6.00. The summed E-state index contributed by atoms with van der Waals surface area (Å²) in [6, 6.07) is 6.62. The number of rotatable bonds is 6. The SMILES string of the molecule is CC(NC(=O)C12CC3CC(CC(C3)C1)C2)C(=O)Nc1cccc(C(=O)NC2CC2)c1. The van der Waals surface area contributed by atoms with Crippen molar-refractivity contribution in [1.82, 2.24) is 10.6 Å². The van der Waals surface area contributed by atoms with Crippen LogP contribution >= 0.6 is 0 Å². The molecule has 5 saturated carbocycles. The molecule has 5 fully saturated rings. The van der Waals surface area contributed by atoms with E-state index in [9.17, 15) is 14.4 Å². The van der Waals surface area contributed by atoms with Crippen molar-refractivity contribution in [3.05, 3.63) is 29.8 Å². The number of carbonyl (C=O) groups is 3. The van der Waals surface area contributed by atoms with Crippen LogP contribution in [0.15, 0.2) is 24.3 Å². The Kier molecular flexibility index (Phi) is 4.83. The average molecular weight is 410 g/mol. The van der Waals surface area contributed by atoms with E-state index in [1.807, 2.05) is 0 Å². The Hall–Kier alpha value is -2.37. The Labute approximate surface area is 177 Å². The van der Waals surface area contributed by atoms with Gasteiger partial charge >= 0.3 is 0 Å². The molecule has 0 spiro atoms. The minimum absolute atomic E-state index is 0.0572. The largest absolute Gasteiger partial charge is 0.349 e. The van der Waals surface area contributed by atoms with Crippen LogP contribution in [0, 0.1) is 23.2 Å². The highest BCUT2D eigenvalue weighted by atomic mass is 16.2. The lowest BCUT2D eigenvalue weighted by atomic mass is 9.49. The molecule has 0 heterocycles. The molecule has 1 aromatic carbocycles. The summed E-state index contributed by atoms with van der Waals surface area (Å²) in [7, 11) is 0. The number of hydrogen-bond acceptors (Lipinski definition) is 3. The number of nitrogens with one attached hydrogen (secondary N) is 3. The molecule has 1 atom stereocenters. The fraction of sp³-hybridized carbons (Fsp3) is 0.625. The van der Waals surface area contributed by atoms with Gasteiger partial charge in [-0.3, -0.25) is 14.4 Å². The molecule has 4 bridgehead atoms. The van der Waals surface area contributed by atoms with E-state index in [-0.39, 0.29) is 29.2 Å². The minimum Gasteiger partial charge on any atom is -0.349 e. The molecule has 6 rings (SSSR count). The van der Waals surface area contributed by atoms with Gasteiger partial charge in [-0.15, -0.1) is 0 Å². The molecule has 1 aromatic rings. The molecule has 30 heavy (non-hydrogen) atoms. The first-order valence-corrected chi connectivity index (χ1v) is 11.4. The van der Waals surface area contributed by atoms with Gasteiger partial charge in [0.25, 0.3) is 5.91 Å². The van der Waals surface area contributed by atoms with Gasteiger partial charge in [-0.2, -0.15) is 0 Å². The smallest absolute Gasteiger partial charge is 0.251 e. The normalized spacial score (nSPS) is 32.4. The fourth-order valence-electron chi connectivity index (χ4n) is 6.29. The zero-order valence-electron chi connectivity index (χ0n) is 17.6. The van der Waals surface area contributed by atoms with E-state index < -0.39 is 6.04 Å². The Morgan fingerprint density at radius 3 is 2.23 bits per heavy atom. The van der Waals surface area contributed by atoms with Gasteiger partial charge in [0.15, 0.2) is 0 Å². The lowest BCUT2D eigenvalue weighted by Gasteiger charge is -2.55. The maximum Gasteiger partial charge on any atom is 0.251 e.